The molecule has 3 rings (SSSR count). The molecule has 4 nitrogen and oxygen atoms in total. The summed E-state index contributed by atoms with van der Waals surface area (Å²) in [4.78, 5) is 0.653. The Morgan fingerprint density at radius 1 is 1.04 bits per heavy atom. The number of nitrogens with zero attached hydrogens (tertiary/aromatic N) is 2. The first-order valence-electron chi connectivity index (χ1n) is 7.47. The van der Waals surface area contributed by atoms with E-state index < -0.39 is 10.0 Å². The summed E-state index contributed by atoms with van der Waals surface area (Å²) in [6, 6.07) is 14.5. The second-order valence-electron chi connectivity index (χ2n) is 5.66. The maximum Gasteiger partial charge on any atom is 0.285 e. The van der Waals surface area contributed by atoms with Gasteiger partial charge in [0.25, 0.3) is 10.0 Å². The van der Waals surface area contributed by atoms with E-state index in [9.17, 15) is 8.42 Å². The summed E-state index contributed by atoms with van der Waals surface area (Å²) in [6.45, 7) is 4.11. The predicted octanol–water partition coefficient (Wildman–Crippen LogP) is 3.66. The van der Waals surface area contributed by atoms with Crippen LogP contribution >= 0.6 is 11.3 Å². The van der Waals surface area contributed by atoms with Crippen molar-refractivity contribution in [3.8, 4) is 11.3 Å². The van der Waals surface area contributed by atoms with E-state index in [1.165, 1.54) is 16.9 Å². The van der Waals surface area contributed by atoms with Gasteiger partial charge in [-0.15, -0.1) is 15.7 Å². The standard InChI is InChI=1S/C18H18N2O2S2/c1-13-9-10-16(14(2)11-13)17-12-23-18(20(17)3)19-24(21,22)15-7-5-4-6-8-15/h4-12H,1-3H3. The Morgan fingerprint density at radius 3 is 2.42 bits per heavy atom. The van der Waals surface area contributed by atoms with E-state index in [0.717, 1.165) is 16.8 Å². The number of thiazole rings is 1. The van der Waals surface area contributed by atoms with Crippen molar-refractivity contribution in [3.05, 3.63) is 69.8 Å². The van der Waals surface area contributed by atoms with E-state index in [0.29, 0.717) is 4.80 Å². The number of hydrogen-bond donors (Lipinski definition) is 0. The maximum absolute atomic E-state index is 12.4. The first-order valence-corrected chi connectivity index (χ1v) is 9.79. The van der Waals surface area contributed by atoms with E-state index >= 15 is 0 Å². The molecule has 24 heavy (non-hydrogen) atoms. The molecule has 0 aliphatic heterocycles. The first-order chi connectivity index (χ1) is 11.4. The van der Waals surface area contributed by atoms with Crippen molar-refractivity contribution < 1.29 is 8.42 Å². The molecular formula is C18H18N2O2S2. The van der Waals surface area contributed by atoms with Gasteiger partial charge in [-0.1, -0.05) is 42.0 Å². The van der Waals surface area contributed by atoms with Crippen LogP contribution in [0.25, 0.3) is 11.3 Å². The zero-order valence-corrected chi connectivity index (χ0v) is 15.4. The lowest BCUT2D eigenvalue weighted by molar-refractivity contribution is 0.596. The Bertz CT molecular complexity index is 1050. The smallest absolute Gasteiger partial charge is 0.285 e. The largest absolute Gasteiger partial charge is 0.319 e. The lowest BCUT2D eigenvalue weighted by atomic mass is 10.0. The Hall–Kier alpha value is -2.18. The zero-order chi connectivity index (χ0) is 17.3. The maximum atomic E-state index is 12.4. The molecule has 124 valence electrons. The van der Waals surface area contributed by atoms with Crippen molar-refractivity contribution >= 4 is 21.4 Å². The third kappa shape index (κ3) is 3.20. The Balaban J connectivity index is 2.11. The van der Waals surface area contributed by atoms with Crippen LogP contribution in [0.5, 0.6) is 0 Å². The number of rotatable bonds is 3. The molecule has 0 saturated heterocycles. The molecule has 1 aromatic heterocycles. The molecule has 0 N–H and O–H groups in total. The molecule has 0 spiro atoms. The van der Waals surface area contributed by atoms with Crippen molar-refractivity contribution in [2.45, 2.75) is 18.7 Å². The molecule has 2 aromatic carbocycles. The molecule has 0 aliphatic rings. The highest BCUT2D eigenvalue weighted by molar-refractivity contribution is 7.90. The van der Waals surface area contributed by atoms with Crippen molar-refractivity contribution in [1.29, 1.82) is 0 Å². The monoisotopic (exact) mass is 358 g/mol. The molecule has 0 saturated carbocycles. The zero-order valence-electron chi connectivity index (χ0n) is 13.7. The van der Waals surface area contributed by atoms with Crippen LogP contribution in [0.3, 0.4) is 0 Å². The minimum Gasteiger partial charge on any atom is -0.319 e. The van der Waals surface area contributed by atoms with Crippen LogP contribution < -0.4 is 4.80 Å². The van der Waals surface area contributed by atoms with Crippen molar-refractivity contribution in [2.75, 3.05) is 0 Å². The van der Waals surface area contributed by atoms with Crippen molar-refractivity contribution in [2.24, 2.45) is 11.4 Å². The fourth-order valence-corrected chi connectivity index (χ4v) is 4.71. The van der Waals surface area contributed by atoms with E-state index in [1.807, 2.05) is 17.0 Å². The highest BCUT2D eigenvalue weighted by atomic mass is 32.2. The molecule has 0 atom stereocenters. The van der Waals surface area contributed by atoms with Crippen LogP contribution in [0, 0.1) is 13.8 Å². The minimum absolute atomic E-state index is 0.200. The topological polar surface area (TPSA) is 51.4 Å². The van der Waals surface area contributed by atoms with Crippen LogP contribution in [-0.2, 0) is 17.1 Å². The molecule has 3 aromatic rings. The molecule has 6 heteroatoms. The first kappa shape index (κ1) is 16.7. The Kier molecular flexibility index (Phi) is 4.43. The fourth-order valence-electron chi connectivity index (χ4n) is 2.55. The molecule has 0 fully saturated rings. The van der Waals surface area contributed by atoms with Gasteiger partial charge in [-0.05, 0) is 31.5 Å². The number of hydrogen-bond acceptors (Lipinski definition) is 3. The van der Waals surface area contributed by atoms with Gasteiger partial charge < -0.3 is 4.57 Å². The predicted molar refractivity (Wildman–Crippen MR) is 97.4 cm³/mol. The van der Waals surface area contributed by atoms with Gasteiger partial charge in [0.05, 0.1) is 10.6 Å². The lowest BCUT2D eigenvalue weighted by Crippen LogP contribution is -2.14. The van der Waals surface area contributed by atoms with Gasteiger partial charge in [0.2, 0.25) is 4.80 Å². The highest BCUT2D eigenvalue weighted by Crippen LogP contribution is 2.24. The van der Waals surface area contributed by atoms with Crippen LogP contribution in [0.2, 0.25) is 0 Å². The molecule has 0 aliphatic carbocycles. The van der Waals surface area contributed by atoms with Gasteiger partial charge in [-0.2, -0.15) is 8.42 Å². The summed E-state index contributed by atoms with van der Waals surface area (Å²) >= 11 is 1.32. The highest BCUT2D eigenvalue weighted by Gasteiger charge is 2.14. The van der Waals surface area contributed by atoms with Crippen molar-refractivity contribution in [3.63, 3.8) is 0 Å². The SMILES string of the molecule is Cc1ccc(-c2csc(=NS(=O)(=O)c3ccccc3)n2C)c(C)c1. The fraction of sp³-hybridized carbons (Fsp3) is 0.167. The summed E-state index contributed by atoms with van der Waals surface area (Å²) < 4.78 is 30.7. The van der Waals surface area contributed by atoms with Crippen molar-refractivity contribution in [1.82, 2.24) is 4.57 Å². The third-order valence-corrected chi connectivity index (χ3v) is 6.14. The summed E-state index contributed by atoms with van der Waals surface area (Å²) in [6.07, 6.45) is 0. The second-order valence-corrected chi connectivity index (χ2v) is 8.10. The van der Waals surface area contributed by atoms with Gasteiger partial charge >= 0.3 is 0 Å². The van der Waals surface area contributed by atoms with Crippen LogP contribution in [-0.4, -0.2) is 13.0 Å². The van der Waals surface area contributed by atoms with Gasteiger partial charge in [0.1, 0.15) is 0 Å². The summed E-state index contributed by atoms with van der Waals surface area (Å²) in [7, 11) is -1.87. The third-order valence-electron chi connectivity index (χ3n) is 3.82. The average molecular weight is 358 g/mol. The summed E-state index contributed by atoms with van der Waals surface area (Å²) in [5, 5.41) is 1.94. The molecule has 0 amide bonds. The van der Waals surface area contributed by atoms with E-state index in [2.05, 4.69) is 36.4 Å². The van der Waals surface area contributed by atoms with Crippen LogP contribution in [0.4, 0.5) is 0 Å². The molecular weight excluding hydrogens is 340 g/mol. The van der Waals surface area contributed by atoms with Crippen LogP contribution in [0.1, 0.15) is 11.1 Å². The molecule has 1 heterocycles. The minimum atomic E-state index is -3.71. The van der Waals surface area contributed by atoms with Gasteiger partial charge in [0.15, 0.2) is 0 Å². The molecule has 0 radical (unpaired) electrons. The number of aryl methyl sites for hydroxylation is 2. The average Bonchev–Trinajstić information content (AvgIpc) is 2.89. The summed E-state index contributed by atoms with van der Waals surface area (Å²) in [5.41, 5.74) is 4.39. The number of sulfonamides is 1. The number of aromatic nitrogens is 1. The lowest BCUT2D eigenvalue weighted by Gasteiger charge is -2.07. The van der Waals surface area contributed by atoms with Gasteiger partial charge in [0, 0.05) is 18.0 Å². The van der Waals surface area contributed by atoms with Gasteiger partial charge in [-0.25, -0.2) is 0 Å². The van der Waals surface area contributed by atoms with E-state index in [-0.39, 0.29) is 4.90 Å². The second kappa shape index (κ2) is 6.37. The van der Waals surface area contributed by atoms with Crippen LogP contribution in [0.15, 0.2) is 63.2 Å². The molecule has 0 bridgehead atoms. The number of benzene rings is 2. The Morgan fingerprint density at radius 2 is 1.75 bits per heavy atom. The quantitative estimate of drug-likeness (QED) is 0.717. The van der Waals surface area contributed by atoms with E-state index in [4.69, 9.17) is 0 Å². The van der Waals surface area contributed by atoms with Gasteiger partial charge in [-0.3, -0.25) is 0 Å². The molecule has 0 unspecified atom stereocenters. The van der Waals surface area contributed by atoms with E-state index in [1.54, 1.807) is 30.3 Å². The summed E-state index contributed by atoms with van der Waals surface area (Å²) in [5.74, 6) is 0. The Labute approximate surface area is 145 Å². The normalized spacial score (nSPS) is 12.5.